The zero-order chi connectivity index (χ0) is 14.5. The molecule has 0 spiro atoms. The highest BCUT2D eigenvalue weighted by molar-refractivity contribution is 7.80. The van der Waals surface area contributed by atoms with Crippen LogP contribution in [-0.2, 0) is 6.61 Å². The molecule has 0 bridgehead atoms. The Balaban J connectivity index is 2.14. The minimum Gasteiger partial charge on any atom is -0.497 e. The molecule has 104 valence electrons. The van der Waals surface area contributed by atoms with Crippen LogP contribution in [0.15, 0.2) is 42.5 Å². The summed E-state index contributed by atoms with van der Waals surface area (Å²) in [5.74, 6) is 0.840. The minimum atomic E-state index is -0.442. The molecule has 0 aliphatic carbocycles. The number of thiocarbonyl (C=S) groups is 1. The van der Waals surface area contributed by atoms with Gasteiger partial charge in [-0.25, -0.2) is 4.39 Å². The third-order valence-electron chi connectivity index (χ3n) is 2.78. The number of hydrogen-bond acceptors (Lipinski definition) is 3. The lowest BCUT2D eigenvalue weighted by atomic mass is 10.1. The number of rotatable bonds is 5. The molecule has 0 heterocycles. The topological polar surface area (TPSA) is 44.5 Å². The zero-order valence-electron chi connectivity index (χ0n) is 10.9. The largest absolute Gasteiger partial charge is 0.497 e. The van der Waals surface area contributed by atoms with Crippen molar-refractivity contribution in [3.63, 3.8) is 0 Å². The Hall–Kier alpha value is -2.14. The summed E-state index contributed by atoms with van der Waals surface area (Å²) in [6.45, 7) is 0.0927. The van der Waals surface area contributed by atoms with Gasteiger partial charge in [0.1, 0.15) is 28.9 Å². The second kappa shape index (κ2) is 6.34. The van der Waals surface area contributed by atoms with Crippen molar-refractivity contribution >= 4 is 17.2 Å². The van der Waals surface area contributed by atoms with E-state index in [1.165, 1.54) is 0 Å². The SMILES string of the molecule is COc1cccc(OCc2cccc(C(N)=S)c2F)c1. The molecule has 0 atom stereocenters. The van der Waals surface area contributed by atoms with E-state index in [4.69, 9.17) is 27.4 Å². The quantitative estimate of drug-likeness (QED) is 0.860. The minimum absolute atomic E-state index is 0.0331. The first kappa shape index (κ1) is 14.3. The average Bonchev–Trinajstić information content (AvgIpc) is 2.46. The zero-order valence-corrected chi connectivity index (χ0v) is 11.7. The fourth-order valence-electron chi connectivity index (χ4n) is 1.73. The van der Waals surface area contributed by atoms with Crippen molar-refractivity contribution in [1.29, 1.82) is 0 Å². The molecule has 20 heavy (non-hydrogen) atoms. The van der Waals surface area contributed by atoms with Gasteiger partial charge in [-0.05, 0) is 18.2 Å². The highest BCUT2D eigenvalue weighted by Gasteiger charge is 2.10. The van der Waals surface area contributed by atoms with Crippen molar-refractivity contribution in [3.8, 4) is 11.5 Å². The van der Waals surface area contributed by atoms with Crippen LogP contribution in [0.3, 0.4) is 0 Å². The van der Waals surface area contributed by atoms with Crippen LogP contribution in [0.25, 0.3) is 0 Å². The molecule has 0 aromatic heterocycles. The van der Waals surface area contributed by atoms with Crippen LogP contribution in [0.4, 0.5) is 4.39 Å². The molecule has 0 amide bonds. The van der Waals surface area contributed by atoms with Gasteiger partial charge < -0.3 is 15.2 Å². The molecule has 0 saturated heterocycles. The standard InChI is InChI=1S/C15H14FNO2S/c1-18-11-5-3-6-12(8-11)19-9-10-4-2-7-13(14(10)16)15(17)20/h2-8H,9H2,1H3,(H2,17,20). The monoisotopic (exact) mass is 291 g/mol. The molecular weight excluding hydrogens is 277 g/mol. The molecule has 0 radical (unpaired) electrons. The second-order valence-corrected chi connectivity index (χ2v) is 4.55. The average molecular weight is 291 g/mol. The highest BCUT2D eigenvalue weighted by Crippen LogP contribution is 2.21. The normalized spacial score (nSPS) is 10.1. The molecule has 0 aliphatic rings. The smallest absolute Gasteiger partial charge is 0.139 e. The first-order valence-corrected chi connectivity index (χ1v) is 6.36. The van der Waals surface area contributed by atoms with Gasteiger partial charge in [-0.2, -0.15) is 0 Å². The number of ether oxygens (including phenoxy) is 2. The molecule has 2 N–H and O–H groups in total. The molecular formula is C15H14FNO2S. The fourth-order valence-corrected chi connectivity index (χ4v) is 1.89. The van der Waals surface area contributed by atoms with E-state index in [1.807, 2.05) is 0 Å². The predicted molar refractivity (Wildman–Crippen MR) is 79.6 cm³/mol. The highest BCUT2D eigenvalue weighted by atomic mass is 32.1. The lowest BCUT2D eigenvalue weighted by Gasteiger charge is -2.10. The number of methoxy groups -OCH3 is 1. The van der Waals surface area contributed by atoms with Crippen molar-refractivity contribution in [3.05, 3.63) is 59.4 Å². The first-order chi connectivity index (χ1) is 9.61. The number of halogens is 1. The number of nitrogens with two attached hydrogens (primary N) is 1. The van der Waals surface area contributed by atoms with Crippen LogP contribution < -0.4 is 15.2 Å². The Labute approximate surface area is 122 Å². The molecule has 2 rings (SSSR count). The van der Waals surface area contributed by atoms with Crippen LogP contribution in [0, 0.1) is 5.82 Å². The summed E-state index contributed by atoms with van der Waals surface area (Å²) in [4.78, 5) is 0.0331. The summed E-state index contributed by atoms with van der Waals surface area (Å²) in [5, 5.41) is 0. The summed E-state index contributed by atoms with van der Waals surface area (Å²) in [5.41, 5.74) is 6.09. The van der Waals surface area contributed by atoms with E-state index in [0.29, 0.717) is 17.1 Å². The van der Waals surface area contributed by atoms with Gasteiger partial charge in [0.05, 0.1) is 7.11 Å². The maximum atomic E-state index is 14.1. The van der Waals surface area contributed by atoms with Crippen molar-refractivity contribution < 1.29 is 13.9 Å². The molecule has 5 heteroatoms. The van der Waals surface area contributed by atoms with Crippen LogP contribution in [-0.4, -0.2) is 12.1 Å². The Morgan fingerprint density at radius 1 is 1.20 bits per heavy atom. The van der Waals surface area contributed by atoms with Crippen LogP contribution in [0.2, 0.25) is 0 Å². The van der Waals surface area contributed by atoms with Gasteiger partial charge in [0, 0.05) is 17.2 Å². The van der Waals surface area contributed by atoms with Crippen LogP contribution in [0.1, 0.15) is 11.1 Å². The van der Waals surface area contributed by atoms with Crippen LogP contribution >= 0.6 is 12.2 Å². The Bertz CT molecular complexity index is 631. The van der Waals surface area contributed by atoms with E-state index in [0.717, 1.165) is 0 Å². The maximum Gasteiger partial charge on any atom is 0.139 e. The second-order valence-electron chi connectivity index (χ2n) is 4.11. The Kier molecular flexibility index (Phi) is 4.53. The molecule has 0 saturated carbocycles. The van der Waals surface area contributed by atoms with E-state index in [9.17, 15) is 4.39 Å². The van der Waals surface area contributed by atoms with Gasteiger partial charge >= 0.3 is 0 Å². The van der Waals surface area contributed by atoms with Gasteiger partial charge in [0.15, 0.2) is 0 Å². The predicted octanol–water partition coefficient (Wildman–Crippen LogP) is 3.05. The van der Waals surface area contributed by atoms with Crippen LogP contribution in [0.5, 0.6) is 11.5 Å². The van der Waals surface area contributed by atoms with E-state index in [2.05, 4.69) is 0 Å². The summed E-state index contributed by atoms with van der Waals surface area (Å²) >= 11 is 4.80. The first-order valence-electron chi connectivity index (χ1n) is 5.96. The van der Waals surface area contributed by atoms with Crippen molar-refractivity contribution in [1.82, 2.24) is 0 Å². The van der Waals surface area contributed by atoms with E-state index in [1.54, 1.807) is 49.6 Å². The van der Waals surface area contributed by atoms with E-state index >= 15 is 0 Å². The third-order valence-corrected chi connectivity index (χ3v) is 3.00. The number of hydrogen-bond donors (Lipinski definition) is 1. The summed E-state index contributed by atoms with van der Waals surface area (Å²) in [6, 6.07) is 12.0. The molecule has 3 nitrogen and oxygen atoms in total. The maximum absolute atomic E-state index is 14.1. The lowest BCUT2D eigenvalue weighted by Crippen LogP contribution is -2.13. The van der Waals surface area contributed by atoms with Gasteiger partial charge in [0.2, 0.25) is 0 Å². The molecule has 0 unspecified atom stereocenters. The Morgan fingerprint density at radius 2 is 1.90 bits per heavy atom. The molecule has 2 aromatic rings. The summed E-state index contributed by atoms with van der Waals surface area (Å²) in [7, 11) is 1.57. The Morgan fingerprint density at radius 3 is 2.60 bits per heavy atom. The summed E-state index contributed by atoms with van der Waals surface area (Å²) in [6.07, 6.45) is 0. The van der Waals surface area contributed by atoms with Crippen molar-refractivity contribution in [2.45, 2.75) is 6.61 Å². The van der Waals surface area contributed by atoms with Gasteiger partial charge in [-0.1, -0.05) is 30.4 Å². The van der Waals surface area contributed by atoms with Crippen molar-refractivity contribution in [2.24, 2.45) is 5.73 Å². The van der Waals surface area contributed by atoms with E-state index < -0.39 is 5.82 Å². The van der Waals surface area contributed by atoms with Gasteiger partial charge in [-0.15, -0.1) is 0 Å². The fraction of sp³-hybridized carbons (Fsp3) is 0.133. The lowest BCUT2D eigenvalue weighted by molar-refractivity contribution is 0.297. The summed E-state index contributed by atoms with van der Waals surface area (Å²) < 4.78 is 24.7. The van der Waals surface area contributed by atoms with Crippen molar-refractivity contribution in [2.75, 3.05) is 7.11 Å². The molecule has 0 fully saturated rings. The van der Waals surface area contributed by atoms with E-state index in [-0.39, 0.29) is 17.2 Å². The molecule has 2 aromatic carbocycles. The third kappa shape index (κ3) is 3.24. The van der Waals surface area contributed by atoms with Gasteiger partial charge in [0.25, 0.3) is 0 Å². The molecule has 0 aliphatic heterocycles. The van der Waals surface area contributed by atoms with Gasteiger partial charge in [-0.3, -0.25) is 0 Å². The number of benzene rings is 2.